The first kappa shape index (κ1) is 28.5. The van der Waals surface area contributed by atoms with E-state index < -0.39 is 11.9 Å². The van der Waals surface area contributed by atoms with Crippen LogP contribution in [-0.2, 0) is 33.8 Å². The minimum Gasteiger partial charge on any atom is -0.496 e. The molecule has 0 amide bonds. The number of hydrogen-bond donors (Lipinski definition) is 1. The average molecular weight is 574 g/mol. The Labute approximate surface area is 247 Å². The van der Waals surface area contributed by atoms with Crippen LogP contribution in [0.15, 0.2) is 48.5 Å². The Bertz CT molecular complexity index is 1420. The molecule has 42 heavy (non-hydrogen) atoms. The number of hydrogen-bond acceptors (Lipinski definition) is 8. The summed E-state index contributed by atoms with van der Waals surface area (Å²) < 4.78 is 23.2. The fourth-order valence-corrected chi connectivity index (χ4v) is 6.46. The van der Waals surface area contributed by atoms with E-state index in [0.717, 1.165) is 72.4 Å². The summed E-state index contributed by atoms with van der Waals surface area (Å²) in [5.41, 5.74) is 6.35. The van der Waals surface area contributed by atoms with E-state index in [9.17, 15) is 9.90 Å². The van der Waals surface area contributed by atoms with E-state index in [0.29, 0.717) is 32.2 Å². The van der Waals surface area contributed by atoms with Crippen molar-refractivity contribution in [1.82, 2.24) is 9.88 Å². The standard InChI is InChI=1S/C33H39N3O6/c1-21-6-4-7-25(28-8-5-9-31(34-28)36-13-11-26(33(37)38)29(36)20-39-2)32(21)42-17-22-14-23-10-12-35(24-18-41-19-24)16-27(23)30(15-22)40-3/h4-9,14-15,24,26,29H,10-13,16-20H2,1-3H3,(H,37,38). The van der Waals surface area contributed by atoms with Crippen molar-refractivity contribution in [3.63, 3.8) is 0 Å². The van der Waals surface area contributed by atoms with Crippen molar-refractivity contribution >= 4 is 11.8 Å². The molecule has 0 bridgehead atoms. The summed E-state index contributed by atoms with van der Waals surface area (Å²) in [4.78, 5) is 21.4. The van der Waals surface area contributed by atoms with E-state index in [1.807, 2.05) is 43.3 Å². The molecule has 222 valence electrons. The van der Waals surface area contributed by atoms with Crippen molar-refractivity contribution in [2.24, 2.45) is 5.92 Å². The Morgan fingerprint density at radius 2 is 1.95 bits per heavy atom. The number of aryl methyl sites for hydroxylation is 1. The van der Waals surface area contributed by atoms with Crippen LogP contribution in [0, 0.1) is 12.8 Å². The van der Waals surface area contributed by atoms with Gasteiger partial charge in [-0.15, -0.1) is 0 Å². The summed E-state index contributed by atoms with van der Waals surface area (Å²) in [5.74, 6) is 1.15. The molecule has 4 heterocycles. The van der Waals surface area contributed by atoms with Gasteiger partial charge in [-0.2, -0.15) is 0 Å². The molecule has 0 aliphatic carbocycles. The maximum absolute atomic E-state index is 11.9. The van der Waals surface area contributed by atoms with Crippen molar-refractivity contribution in [1.29, 1.82) is 0 Å². The quantitative estimate of drug-likeness (QED) is 0.381. The SMILES string of the molecule is COCC1C(C(=O)O)CCN1c1cccc(-c2cccc(C)c2OCc2cc3c(c(OC)c2)CN(C2COC2)CC3)n1. The number of anilines is 1. The second-order valence-electron chi connectivity index (χ2n) is 11.4. The van der Waals surface area contributed by atoms with Gasteiger partial charge in [0.05, 0.1) is 50.6 Å². The predicted molar refractivity (Wildman–Crippen MR) is 159 cm³/mol. The first-order valence-electron chi connectivity index (χ1n) is 14.7. The van der Waals surface area contributed by atoms with Crippen molar-refractivity contribution in [3.05, 3.63) is 70.8 Å². The molecule has 1 aromatic heterocycles. The van der Waals surface area contributed by atoms with Gasteiger partial charge in [-0.3, -0.25) is 9.69 Å². The van der Waals surface area contributed by atoms with Crippen LogP contribution < -0.4 is 14.4 Å². The number of carbonyl (C=O) groups is 1. The van der Waals surface area contributed by atoms with Gasteiger partial charge in [0.15, 0.2) is 0 Å². The number of carboxylic acids is 1. The lowest BCUT2D eigenvalue weighted by atomic mass is 9.95. The Balaban J connectivity index is 1.24. The van der Waals surface area contributed by atoms with Gasteiger partial charge >= 0.3 is 5.97 Å². The highest BCUT2D eigenvalue weighted by Gasteiger charge is 2.39. The Morgan fingerprint density at radius 3 is 2.69 bits per heavy atom. The summed E-state index contributed by atoms with van der Waals surface area (Å²) >= 11 is 0. The maximum Gasteiger partial charge on any atom is 0.308 e. The van der Waals surface area contributed by atoms with Gasteiger partial charge in [0.2, 0.25) is 0 Å². The van der Waals surface area contributed by atoms with Crippen LogP contribution in [0.5, 0.6) is 11.5 Å². The number of para-hydroxylation sites is 1. The molecule has 2 saturated heterocycles. The number of aliphatic carboxylic acids is 1. The second-order valence-corrected chi connectivity index (χ2v) is 11.4. The number of fused-ring (bicyclic) bond motifs is 1. The molecule has 0 saturated carbocycles. The van der Waals surface area contributed by atoms with E-state index >= 15 is 0 Å². The van der Waals surface area contributed by atoms with Crippen LogP contribution in [0.2, 0.25) is 0 Å². The van der Waals surface area contributed by atoms with Gasteiger partial charge in [-0.05, 0) is 60.7 Å². The number of nitrogens with zero attached hydrogens (tertiary/aromatic N) is 3. The van der Waals surface area contributed by atoms with Gasteiger partial charge in [0, 0.05) is 37.9 Å². The number of aromatic nitrogens is 1. The predicted octanol–water partition coefficient (Wildman–Crippen LogP) is 4.33. The van der Waals surface area contributed by atoms with Gasteiger partial charge in [-0.25, -0.2) is 4.98 Å². The largest absolute Gasteiger partial charge is 0.496 e. The third kappa shape index (κ3) is 5.56. The molecular weight excluding hydrogens is 534 g/mol. The van der Waals surface area contributed by atoms with Gasteiger partial charge in [0.25, 0.3) is 0 Å². The fraction of sp³-hybridized carbons (Fsp3) is 0.455. The Kier molecular flexibility index (Phi) is 8.33. The van der Waals surface area contributed by atoms with Crippen molar-refractivity contribution in [3.8, 4) is 22.8 Å². The van der Waals surface area contributed by atoms with Crippen LogP contribution in [0.3, 0.4) is 0 Å². The minimum absolute atomic E-state index is 0.267. The Morgan fingerprint density at radius 1 is 1.12 bits per heavy atom. The lowest BCUT2D eigenvalue weighted by Crippen LogP contribution is -2.50. The zero-order chi connectivity index (χ0) is 29.2. The zero-order valence-corrected chi connectivity index (χ0v) is 24.5. The number of rotatable bonds is 10. The number of carboxylic acid groups (broad SMARTS) is 1. The van der Waals surface area contributed by atoms with Crippen molar-refractivity contribution in [2.75, 3.05) is 52.0 Å². The van der Waals surface area contributed by atoms with E-state index in [4.69, 9.17) is 23.9 Å². The van der Waals surface area contributed by atoms with Crippen LogP contribution in [0.1, 0.15) is 28.7 Å². The van der Waals surface area contributed by atoms with Crippen molar-refractivity contribution < 1.29 is 28.8 Å². The highest BCUT2D eigenvalue weighted by Crippen LogP contribution is 2.37. The monoisotopic (exact) mass is 573 g/mol. The topological polar surface area (TPSA) is 93.6 Å². The molecule has 0 spiro atoms. The number of ether oxygens (including phenoxy) is 4. The van der Waals surface area contributed by atoms with E-state index in [1.165, 1.54) is 11.1 Å². The summed E-state index contributed by atoms with van der Waals surface area (Å²) in [7, 11) is 3.34. The second kappa shape index (κ2) is 12.3. The Hall–Kier alpha value is -3.66. The first-order chi connectivity index (χ1) is 20.5. The van der Waals surface area contributed by atoms with E-state index in [1.54, 1.807) is 14.2 Å². The zero-order valence-electron chi connectivity index (χ0n) is 24.5. The van der Waals surface area contributed by atoms with Crippen LogP contribution in [0.25, 0.3) is 11.3 Å². The average Bonchev–Trinajstić information content (AvgIpc) is 3.39. The summed E-state index contributed by atoms with van der Waals surface area (Å²) in [6, 6.07) is 16.5. The summed E-state index contributed by atoms with van der Waals surface area (Å²) in [6.45, 7) is 6.93. The molecule has 3 aliphatic heterocycles. The fourth-order valence-electron chi connectivity index (χ4n) is 6.46. The molecule has 9 heteroatoms. The lowest BCUT2D eigenvalue weighted by Gasteiger charge is -2.40. The molecule has 6 rings (SSSR count). The molecule has 0 radical (unpaired) electrons. The molecule has 2 unspecified atom stereocenters. The molecular formula is C33H39N3O6. The maximum atomic E-state index is 11.9. The highest BCUT2D eigenvalue weighted by molar-refractivity contribution is 5.74. The molecule has 2 fully saturated rings. The smallest absolute Gasteiger partial charge is 0.308 e. The van der Waals surface area contributed by atoms with Crippen LogP contribution in [-0.4, -0.2) is 80.2 Å². The first-order valence-corrected chi connectivity index (χ1v) is 14.7. The molecule has 9 nitrogen and oxygen atoms in total. The molecule has 3 aromatic rings. The van der Waals surface area contributed by atoms with Gasteiger partial charge < -0.3 is 29.0 Å². The van der Waals surface area contributed by atoms with Gasteiger partial charge in [0.1, 0.15) is 23.9 Å². The highest BCUT2D eigenvalue weighted by atomic mass is 16.5. The molecule has 2 atom stereocenters. The molecule has 1 N–H and O–H groups in total. The molecule has 3 aliphatic rings. The normalized spacial score (nSPS) is 20.7. The molecule has 2 aromatic carbocycles. The summed E-state index contributed by atoms with van der Waals surface area (Å²) in [5, 5.41) is 9.74. The van der Waals surface area contributed by atoms with E-state index in [2.05, 4.69) is 21.9 Å². The van der Waals surface area contributed by atoms with E-state index in [-0.39, 0.29) is 6.04 Å². The number of benzene rings is 2. The minimum atomic E-state index is -0.797. The number of methoxy groups -OCH3 is 2. The number of pyridine rings is 1. The third-order valence-corrected chi connectivity index (χ3v) is 8.85. The van der Waals surface area contributed by atoms with Crippen LogP contribution >= 0.6 is 0 Å². The van der Waals surface area contributed by atoms with Crippen molar-refractivity contribution in [2.45, 2.75) is 45.0 Å². The summed E-state index contributed by atoms with van der Waals surface area (Å²) in [6.07, 6.45) is 1.54. The lowest BCUT2D eigenvalue weighted by molar-refractivity contribution is -0.142. The van der Waals surface area contributed by atoms with Crippen LogP contribution in [0.4, 0.5) is 5.82 Å². The third-order valence-electron chi connectivity index (χ3n) is 8.85. The van der Waals surface area contributed by atoms with Gasteiger partial charge in [-0.1, -0.05) is 24.3 Å².